The molecule has 0 radical (unpaired) electrons. The fourth-order valence-corrected chi connectivity index (χ4v) is 0.797. The van der Waals surface area contributed by atoms with Gasteiger partial charge in [0, 0.05) is 24.5 Å². The average molecular weight is 209 g/mol. The third kappa shape index (κ3) is 6.14. The quantitative estimate of drug-likeness (QED) is 0.487. The minimum Gasteiger partial charge on any atom is -1.00 e. The maximum atomic E-state index is 3.78. The Balaban J connectivity index is 0.000000227. The number of pyridine rings is 2. The number of aromatic nitrogens is 2. The van der Waals surface area contributed by atoms with Gasteiger partial charge in [0.15, 0.2) is 12.4 Å². The minimum atomic E-state index is 0. The smallest absolute Gasteiger partial charge is 0.168 e. The van der Waals surface area contributed by atoms with Gasteiger partial charge in [-0.25, -0.2) is 4.57 Å². The summed E-state index contributed by atoms with van der Waals surface area (Å²) in [6.45, 7) is 0. The highest BCUT2D eigenvalue weighted by Gasteiger charge is 1.78. The van der Waals surface area contributed by atoms with E-state index in [9.17, 15) is 0 Å². The first kappa shape index (κ1) is 12.6. The second-order valence-corrected chi connectivity index (χ2v) is 2.57. The normalized spacial score (nSPS) is 7.79. The highest BCUT2D eigenvalue weighted by molar-refractivity contribution is 4.88. The zero-order valence-corrected chi connectivity index (χ0v) is 8.80. The molecule has 2 rings (SSSR count). The molecule has 0 saturated carbocycles. The fraction of sp³-hybridized carbons (Fsp3) is 0.0909. The summed E-state index contributed by atoms with van der Waals surface area (Å²) < 4.78 is 2.00. The van der Waals surface area contributed by atoms with Crippen LogP contribution in [0.4, 0.5) is 0 Å². The zero-order valence-electron chi connectivity index (χ0n) is 8.05. The van der Waals surface area contributed by atoms with E-state index in [1.54, 1.807) is 12.4 Å². The lowest BCUT2D eigenvalue weighted by Crippen LogP contribution is -3.00. The van der Waals surface area contributed by atoms with Crippen LogP contribution in [0, 0.1) is 0 Å². The summed E-state index contributed by atoms with van der Waals surface area (Å²) in [6.07, 6.45) is 7.50. The number of nitrogens with zero attached hydrogens (tertiary/aromatic N) is 2. The summed E-state index contributed by atoms with van der Waals surface area (Å²) in [5.41, 5.74) is 0. The Morgan fingerprint density at radius 3 is 1.50 bits per heavy atom. The molecule has 2 aromatic heterocycles. The van der Waals surface area contributed by atoms with Gasteiger partial charge in [0.1, 0.15) is 7.05 Å². The van der Waals surface area contributed by atoms with Crippen LogP contribution in [0.1, 0.15) is 0 Å². The Hall–Kier alpha value is -1.41. The monoisotopic (exact) mass is 208 g/mol. The molecule has 74 valence electrons. The molecule has 0 unspecified atom stereocenters. The topological polar surface area (TPSA) is 16.8 Å². The molecule has 0 fully saturated rings. The van der Waals surface area contributed by atoms with Crippen LogP contribution in [0.2, 0.25) is 0 Å². The molecule has 0 aliphatic rings. The van der Waals surface area contributed by atoms with Crippen molar-refractivity contribution in [2.24, 2.45) is 7.05 Å². The molecule has 2 heterocycles. The molecule has 0 saturated heterocycles. The Morgan fingerprint density at radius 2 is 1.29 bits per heavy atom. The predicted octanol–water partition coefficient (Wildman–Crippen LogP) is -1.40. The molecule has 0 aliphatic heterocycles. The summed E-state index contributed by atoms with van der Waals surface area (Å²) in [7, 11) is 2.00. The van der Waals surface area contributed by atoms with Gasteiger partial charge in [-0.3, -0.25) is 4.98 Å². The highest BCUT2D eigenvalue weighted by Crippen LogP contribution is 1.73. The number of hydrogen-bond donors (Lipinski definition) is 0. The molecule has 0 amide bonds. The lowest BCUT2D eigenvalue weighted by molar-refractivity contribution is -0.671. The van der Waals surface area contributed by atoms with Crippen LogP contribution < -0.4 is 17.0 Å². The average Bonchev–Trinajstić information content (AvgIpc) is 2.22. The number of hydrogen-bond acceptors (Lipinski definition) is 1. The van der Waals surface area contributed by atoms with Gasteiger partial charge in [-0.1, -0.05) is 12.1 Å². The molecule has 2 nitrogen and oxygen atoms in total. The van der Waals surface area contributed by atoms with Crippen molar-refractivity contribution in [3.05, 3.63) is 61.2 Å². The largest absolute Gasteiger partial charge is 1.00 e. The van der Waals surface area contributed by atoms with Crippen LogP contribution >= 0.6 is 0 Å². The highest BCUT2D eigenvalue weighted by atomic mass is 35.5. The van der Waals surface area contributed by atoms with Crippen LogP contribution in [0.5, 0.6) is 0 Å². The van der Waals surface area contributed by atoms with Crippen molar-refractivity contribution in [1.29, 1.82) is 0 Å². The SMILES string of the molecule is C[n+]1ccccc1.[Cl-].c1ccncc1. The number of aryl methyl sites for hydroxylation is 1. The maximum Gasteiger partial charge on any atom is 0.168 e. The van der Waals surface area contributed by atoms with Gasteiger partial charge < -0.3 is 12.4 Å². The van der Waals surface area contributed by atoms with Gasteiger partial charge in [0.05, 0.1) is 0 Å². The molecule has 0 N–H and O–H groups in total. The van der Waals surface area contributed by atoms with Crippen molar-refractivity contribution < 1.29 is 17.0 Å². The maximum absolute atomic E-state index is 3.78. The minimum absolute atomic E-state index is 0. The van der Waals surface area contributed by atoms with E-state index in [-0.39, 0.29) is 12.4 Å². The Bertz CT molecular complexity index is 284. The molecule has 0 spiro atoms. The van der Waals surface area contributed by atoms with E-state index < -0.39 is 0 Å². The molecule has 3 heteroatoms. The van der Waals surface area contributed by atoms with Gasteiger partial charge in [-0.05, 0) is 12.1 Å². The molecule has 14 heavy (non-hydrogen) atoms. The second-order valence-electron chi connectivity index (χ2n) is 2.57. The first-order valence-corrected chi connectivity index (χ1v) is 4.15. The van der Waals surface area contributed by atoms with Crippen molar-refractivity contribution in [1.82, 2.24) is 4.98 Å². The molecule has 0 bridgehead atoms. The van der Waals surface area contributed by atoms with Crippen molar-refractivity contribution in [3.63, 3.8) is 0 Å². The van der Waals surface area contributed by atoms with Gasteiger partial charge in [-0.2, -0.15) is 0 Å². The number of halogens is 1. The molecule has 0 atom stereocenters. The molecular weight excluding hydrogens is 196 g/mol. The lowest BCUT2D eigenvalue weighted by Gasteiger charge is -1.77. The van der Waals surface area contributed by atoms with Crippen LogP contribution in [0.3, 0.4) is 0 Å². The van der Waals surface area contributed by atoms with Crippen molar-refractivity contribution in [3.8, 4) is 0 Å². The van der Waals surface area contributed by atoms with Crippen molar-refractivity contribution in [2.45, 2.75) is 0 Å². The summed E-state index contributed by atoms with van der Waals surface area (Å²) >= 11 is 0. The summed E-state index contributed by atoms with van der Waals surface area (Å²) in [6, 6.07) is 11.7. The van der Waals surface area contributed by atoms with E-state index in [0.717, 1.165) is 0 Å². The van der Waals surface area contributed by atoms with Crippen LogP contribution in [-0.4, -0.2) is 4.98 Å². The standard InChI is InChI=1S/C6H8N.C5H5N.ClH/c1-7-5-3-2-4-6-7;1-2-4-6-5-3-1;/h2-6H,1H3;1-5H;1H/q+1;;/p-1. The lowest BCUT2D eigenvalue weighted by atomic mass is 10.5. The van der Waals surface area contributed by atoms with Crippen LogP contribution in [-0.2, 0) is 7.05 Å². The van der Waals surface area contributed by atoms with Gasteiger partial charge in [0.2, 0.25) is 0 Å². The van der Waals surface area contributed by atoms with E-state index in [2.05, 4.69) is 4.98 Å². The van der Waals surface area contributed by atoms with Gasteiger partial charge in [-0.15, -0.1) is 0 Å². The van der Waals surface area contributed by atoms with Gasteiger partial charge in [0.25, 0.3) is 0 Å². The van der Waals surface area contributed by atoms with E-state index in [1.165, 1.54) is 0 Å². The first-order valence-electron chi connectivity index (χ1n) is 4.15. The van der Waals surface area contributed by atoms with E-state index in [0.29, 0.717) is 0 Å². The first-order chi connectivity index (χ1) is 6.39. The summed E-state index contributed by atoms with van der Waals surface area (Å²) in [5.74, 6) is 0. The molecular formula is C11H13ClN2. The third-order valence-corrected chi connectivity index (χ3v) is 1.43. The summed E-state index contributed by atoms with van der Waals surface area (Å²) in [5, 5.41) is 0. The Morgan fingerprint density at radius 1 is 0.786 bits per heavy atom. The Kier molecular flexibility index (Phi) is 7.37. The van der Waals surface area contributed by atoms with Gasteiger partial charge >= 0.3 is 0 Å². The predicted molar refractivity (Wildman–Crippen MR) is 51.9 cm³/mol. The fourth-order valence-electron chi connectivity index (χ4n) is 0.797. The van der Waals surface area contributed by atoms with E-state index in [1.807, 2.05) is 60.4 Å². The van der Waals surface area contributed by atoms with E-state index in [4.69, 9.17) is 0 Å². The molecule has 0 aromatic carbocycles. The molecule has 2 aromatic rings. The van der Waals surface area contributed by atoms with Crippen molar-refractivity contribution in [2.75, 3.05) is 0 Å². The third-order valence-electron chi connectivity index (χ3n) is 1.43. The Labute approximate surface area is 90.7 Å². The van der Waals surface area contributed by atoms with Crippen LogP contribution in [0.15, 0.2) is 61.2 Å². The van der Waals surface area contributed by atoms with Crippen molar-refractivity contribution >= 4 is 0 Å². The molecule has 0 aliphatic carbocycles. The summed E-state index contributed by atoms with van der Waals surface area (Å²) in [4.78, 5) is 3.78. The second kappa shape index (κ2) is 8.20. The van der Waals surface area contributed by atoms with Crippen LogP contribution in [0.25, 0.3) is 0 Å². The van der Waals surface area contributed by atoms with E-state index >= 15 is 0 Å². The number of rotatable bonds is 0. The zero-order chi connectivity index (χ0) is 9.36.